The molecule has 1 fully saturated rings. The Bertz CT molecular complexity index is 523. The summed E-state index contributed by atoms with van der Waals surface area (Å²) in [7, 11) is 4.30. The number of guanidine groups is 1. The minimum atomic E-state index is 0.130. The van der Waals surface area contributed by atoms with Crippen molar-refractivity contribution in [2.24, 2.45) is 4.99 Å². The van der Waals surface area contributed by atoms with Gasteiger partial charge in [-0.15, -0.1) is 11.3 Å². The Balaban J connectivity index is 1.97. The van der Waals surface area contributed by atoms with Crippen LogP contribution in [-0.4, -0.2) is 61.8 Å². The summed E-state index contributed by atoms with van der Waals surface area (Å²) in [6.45, 7) is 8.24. The van der Waals surface area contributed by atoms with E-state index in [1.807, 2.05) is 6.20 Å². The number of likely N-dealkylation sites (N-methyl/N-ethyl adjacent to an activating group) is 1. The third-order valence-electron chi connectivity index (χ3n) is 4.62. The molecule has 1 aromatic rings. The number of rotatable bonds is 7. The number of thiazole rings is 1. The monoisotopic (exact) mass is 353 g/mol. The lowest BCUT2D eigenvalue weighted by Gasteiger charge is -2.43. The van der Waals surface area contributed by atoms with E-state index >= 15 is 0 Å². The fourth-order valence-corrected chi connectivity index (χ4v) is 3.64. The molecule has 0 saturated carbocycles. The summed E-state index contributed by atoms with van der Waals surface area (Å²) in [5.41, 5.74) is 0.130. The molecule has 1 saturated heterocycles. The van der Waals surface area contributed by atoms with Crippen LogP contribution in [0.1, 0.15) is 36.6 Å². The maximum atomic E-state index is 5.54. The Morgan fingerprint density at radius 3 is 2.67 bits per heavy atom. The molecule has 1 aliphatic heterocycles. The van der Waals surface area contributed by atoms with Crippen molar-refractivity contribution in [2.45, 2.75) is 45.2 Å². The summed E-state index contributed by atoms with van der Waals surface area (Å²) in [6, 6.07) is 0. The van der Waals surface area contributed by atoms with Crippen LogP contribution in [-0.2, 0) is 17.7 Å². The van der Waals surface area contributed by atoms with Crippen molar-refractivity contribution in [3.63, 3.8) is 0 Å². The van der Waals surface area contributed by atoms with Gasteiger partial charge in [-0.1, -0.05) is 6.92 Å². The molecule has 0 amide bonds. The van der Waals surface area contributed by atoms with Crippen molar-refractivity contribution in [3.05, 3.63) is 16.1 Å². The molecular weight excluding hydrogens is 322 g/mol. The molecular formula is C17H31N5OS. The summed E-state index contributed by atoms with van der Waals surface area (Å²) in [4.78, 5) is 12.8. The van der Waals surface area contributed by atoms with Gasteiger partial charge in [-0.25, -0.2) is 9.98 Å². The SMILES string of the molecule is CCNC(=NCc1ncc(CC)s1)NCC1(N(C)C)CCOCC1. The zero-order valence-electron chi connectivity index (χ0n) is 15.4. The van der Waals surface area contributed by atoms with E-state index in [2.05, 4.69) is 48.5 Å². The number of aryl methyl sites for hydroxylation is 1. The minimum absolute atomic E-state index is 0.130. The lowest BCUT2D eigenvalue weighted by Crippen LogP contribution is -2.57. The molecule has 2 rings (SSSR count). The van der Waals surface area contributed by atoms with E-state index in [9.17, 15) is 0 Å². The highest BCUT2D eigenvalue weighted by atomic mass is 32.1. The highest BCUT2D eigenvalue weighted by Gasteiger charge is 2.34. The normalized spacial score (nSPS) is 18.0. The van der Waals surface area contributed by atoms with E-state index in [-0.39, 0.29) is 5.54 Å². The number of aromatic nitrogens is 1. The number of ether oxygens (including phenoxy) is 1. The molecule has 0 unspecified atom stereocenters. The van der Waals surface area contributed by atoms with E-state index in [1.54, 1.807) is 11.3 Å². The van der Waals surface area contributed by atoms with Gasteiger partial charge < -0.3 is 20.3 Å². The van der Waals surface area contributed by atoms with Gasteiger partial charge in [-0.05, 0) is 40.3 Å². The Labute approximate surface area is 149 Å². The van der Waals surface area contributed by atoms with Crippen LogP contribution in [0.2, 0.25) is 0 Å². The van der Waals surface area contributed by atoms with E-state index in [0.717, 1.165) is 56.5 Å². The van der Waals surface area contributed by atoms with Gasteiger partial charge in [0.25, 0.3) is 0 Å². The van der Waals surface area contributed by atoms with Gasteiger partial charge in [0, 0.05) is 42.9 Å². The summed E-state index contributed by atoms with van der Waals surface area (Å²) in [6.07, 6.45) is 5.07. The van der Waals surface area contributed by atoms with Gasteiger partial charge in [0.15, 0.2) is 5.96 Å². The zero-order chi connectivity index (χ0) is 17.4. The maximum Gasteiger partial charge on any atom is 0.191 e. The van der Waals surface area contributed by atoms with Crippen LogP contribution in [0.25, 0.3) is 0 Å². The van der Waals surface area contributed by atoms with Crippen molar-refractivity contribution >= 4 is 17.3 Å². The summed E-state index contributed by atoms with van der Waals surface area (Å²) in [5.74, 6) is 0.860. The van der Waals surface area contributed by atoms with Gasteiger partial charge in [0.2, 0.25) is 0 Å². The molecule has 0 atom stereocenters. The first-order valence-electron chi connectivity index (χ1n) is 8.80. The largest absolute Gasteiger partial charge is 0.381 e. The molecule has 6 nitrogen and oxygen atoms in total. The number of nitrogens with one attached hydrogen (secondary N) is 2. The fraction of sp³-hybridized carbons (Fsp3) is 0.765. The molecule has 0 radical (unpaired) electrons. The fourth-order valence-electron chi connectivity index (χ4n) is 2.85. The van der Waals surface area contributed by atoms with Crippen LogP contribution in [0.4, 0.5) is 0 Å². The standard InChI is InChI=1S/C17H31N5OS/c1-5-14-11-19-15(24-14)12-20-16(18-6-2)21-13-17(22(3)4)7-9-23-10-8-17/h11H,5-10,12-13H2,1-4H3,(H2,18,20,21). The highest BCUT2D eigenvalue weighted by molar-refractivity contribution is 7.11. The molecule has 0 spiro atoms. The number of hydrogen-bond donors (Lipinski definition) is 2. The average Bonchev–Trinajstić information content (AvgIpc) is 3.06. The predicted molar refractivity (Wildman–Crippen MR) is 101 cm³/mol. The Morgan fingerprint density at radius 2 is 2.08 bits per heavy atom. The average molecular weight is 354 g/mol. The van der Waals surface area contributed by atoms with E-state index < -0.39 is 0 Å². The van der Waals surface area contributed by atoms with Crippen LogP contribution in [0, 0.1) is 0 Å². The van der Waals surface area contributed by atoms with E-state index in [4.69, 9.17) is 9.73 Å². The topological polar surface area (TPSA) is 61.8 Å². The summed E-state index contributed by atoms with van der Waals surface area (Å²) in [5, 5.41) is 7.92. The second-order valence-electron chi connectivity index (χ2n) is 6.35. The molecule has 0 bridgehead atoms. The molecule has 0 aliphatic carbocycles. The first-order chi connectivity index (χ1) is 11.6. The Hall–Kier alpha value is -1.18. The molecule has 136 valence electrons. The van der Waals surface area contributed by atoms with Crippen molar-refractivity contribution < 1.29 is 4.74 Å². The van der Waals surface area contributed by atoms with Gasteiger partial charge in [0.1, 0.15) is 5.01 Å². The molecule has 2 N–H and O–H groups in total. The molecule has 1 aliphatic rings. The van der Waals surface area contributed by atoms with Gasteiger partial charge >= 0.3 is 0 Å². The van der Waals surface area contributed by atoms with E-state index in [0.29, 0.717) is 6.54 Å². The number of aliphatic imine (C=N–C) groups is 1. The van der Waals surface area contributed by atoms with Gasteiger partial charge in [-0.2, -0.15) is 0 Å². The van der Waals surface area contributed by atoms with E-state index in [1.165, 1.54) is 4.88 Å². The van der Waals surface area contributed by atoms with Gasteiger partial charge in [-0.3, -0.25) is 0 Å². The molecule has 1 aromatic heterocycles. The third kappa shape index (κ3) is 5.16. The Morgan fingerprint density at radius 1 is 1.33 bits per heavy atom. The lowest BCUT2D eigenvalue weighted by atomic mass is 9.88. The second kappa shape index (κ2) is 9.34. The van der Waals surface area contributed by atoms with Crippen molar-refractivity contribution in [1.82, 2.24) is 20.5 Å². The van der Waals surface area contributed by atoms with Crippen LogP contribution >= 0.6 is 11.3 Å². The third-order valence-corrected chi connectivity index (χ3v) is 5.75. The van der Waals surface area contributed by atoms with Crippen LogP contribution in [0.15, 0.2) is 11.2 Å². The van der Waals surface area contributed by atoms with Crippen molar-refractivity contribution in [2.75, 3.05) is 40.4 Å². The lowest BCUT2D eigenvalue weighted by molar-refractivity contribution is -0.00501. The minimum Gasteiger partial charge on any atom is -0.381 e. The van der Waals surface area contributed by atoms with Crippen LogP contribution in [0.3, 0.4) is 0 Å². The molecule has 24 heavy (non-hydrogen) atoms. The maximum absolute atomic E-state index is 5.54. The van der Waals surface area contributed by atoms with Crippen LogP contribution in [0.5, 0.6) is 0 Å². The van der Waals surface area contributed by atoms with Crippen molar-refractivity contribution in [1.29, 1.82) is 0 Å². The second-order valence-corrected chi connectivity index (χ2v) is 7.55. The number of hydrogen-bond acceptors (Lipinski definition) is 5. The summed E-state index contributed by atoms with van der Waals surface area (Å²) >= 11 is 1.74. The quantitative estimate of drug-likeness (QED) is 0.579. The smallest absolute Gasteiger partial charge is 0.191 e. The van der Waals surface area contributed by atoms with Crippen LogP contribution < -0.4 is 10.6 Å². The molecule has 0 aromatic carbocycles. The zero-order valence-corrected chi connectivity index (χ0v) is 16.2. The first-order valence-corrected chi connectivity index (χ1v) is 9.62. The predicted octanol–water partition coefficient (Wildman–Crippen LogP) is 1.87. The molecule has 2 heterocycles. The Kier molecular flexibility index (Phi) is 7.45. The highest BCUT2D eigenvalue weighted by Crippen LogP contribution is 2.25. The molecule has 7 heteroatoms. The van der Waals surface area contributed by atoms with Crippen molar-refractivity contribution in [3.8, 4) is 0 Å². The summed E-state index contributed by atoms with van der Waals surface area (Å²) < 4.78 is 5.54. The first kappa shape index (κ1) is 19.1. The van der Waals surface area contributed by atoms with Gasteiger partial charge in [0.05, 0.1) is 6.54 Å². The number of nitrogens with zero attached hydrogens (tertiary/aromatic N) is 3.